The first-order valence-electron chi connectivity index (χ1n) is 12.7. The minimum Gasteiger partial charge on any atom is -0.491 e. The van der Waals surface area contributed by atoms with E-state index in [0.717, 1.165) is 54.1 Å². The van der Waals surface area contributed by atoms with E-state index in [4.69, 9.17) is 28.9 Å². The molecule has 9 nitrogen and oxygen atoms in total. The number of hydrogen-bond donors (Lipinski definition) is 2. The van der Waals surface area contributed by atoms with E-state index in [1.54, 1.807) is 20.4 Å². The average molecular weight is 509 g/mol. The number of ether oxygens (including phenoxy) is 4. The van der Waals surface area contributed by atoms with Crippen LogP contribution < -0.4 is 14.8 Å². The second kappa shape index (κ2) is 13.4. The third-order valence-electron chi connectivity index (χ3n) is 6.27. The highest BCUT2D eigenvalue weighted by Gasteiger charge is 2.21. The molecule has 1 aromatic carbocycles. The zero-order chi connectivity index (χ0) is 26.0. The van der Waals surface area contributed by atoms with Crippen molar-refractivity contribution >= 4 is 0 Å². The van der Waals surface area contributed by atoms with Crippen molar-refractivity contribution < 1.29 is 24.1 Å². The van der Waals surface area contributed by atoms with Gasteiger partial charge in [-0.2, -0.15) is 0 Å². The lowest BCUT2D eigenvalue weighted by Gasteiger charge is -2.16. The average Bonchev–Trinajstić information content (AvgIpc) is 3.42. The number of benzene rings is 1. The maximum Gasteiger partial charge on any atom is 0.213 e. The lowest BCUT2D eigenvalue weighted by atomic mass is 9.97. The lowest BCUT2D eigenvalue weighted by molar-refractivity contribution is 0.108. The van der Waals surface area contributed by atoms with Crippen LogP contribution in [0, 0.1) is 12.8 Å². The molecule has 0 bridgehead atoms. The summed E-state index contributed by atoms with van der Waals surface area (Å²) < 4.78 is 22.3. The normalized spacial score (nSPS) is 16.1. The van der Waals surface area contributed by atoms with Crippen LogP contribution in [0.1, 0.15) is 17.7 Å². The SMILES string of the molecule is CNCC(O)COc1cccc(-c2nc(C[C@@H]3CCOC3)c(C)c(-c3ccnc(OCCOC)c3)n2)c1. The molecule has 1 aliphatic heterocycles. The number of nitrogens with zero attached hydrogens (tertiary/aromatic N) is 3. The van der Waals surface area contributed by atoms with Crippen molar-refractivity contribution in [3.8, 4) is 34.3 Å². The first kappa shape index (κ1) is 26.9. The van der Waals surface area contributed by atoms with Gasteiger partial charge in [-0.25, -0.2) is 15.0 Å². The molecule has 2 N–H and O–H groups in total. The van der Waals surface area contributed by atoms with Gasteiger partial charge in [-0.1, -0.05) is 12.1 Å². The largest absolute Gasteiger partial charge is 0.491 e. The fourth-order valence-corrected chi connectivity index (χ4v) is 4.27. The van der Waals surface area contributed by atoms with Crippen molar-refractivity contribution in [3.63, 3.8) is 0 Å². The van der Waals surface area contributed by atoms with Gasteiger partial charge in [0.25, 0.3) is 0 Å². The number of likely N-dealkylation sites (N-methyl/N-ethyl adjacent to an activating group) is 1. The first-order valence-corrected chi connectivity index (χ1v) is 12.7. The summed E-state index contributed by atoms with van der Waals surface area (Å²) >= 11 is 0. The quantitative estimate of drug-likeness (QED) is 0.337. The lowest BCUT2D eigenvalue weighted by Crippen LogP contribution is -2.29. The van der Waals surface area contributed by atoms with E-state index >= 15 is 0 Å². The molecule has 1 saturated heterocycles. The molecule has 0 radical (unpaired) electrons. The molecule has 1 unspecified atom stereocenters. The van der Waals surface area contributed by atoms with E-state index in [-0.39, 0.29) is 6.61 Å². The Kier molecular flexibility index (Phi) is 9.78. The molecule has 37 heavy (non-hydrogen) atoms. The molecule has 3 aromatic rings. The molecular formula is C28H36N4O5. The highest BCUT2D eigenvalue weighted by molar-refractivity contribution is 5.68. The fourth-order valence-electron chi connectivity index (χ4n) is 4.27. The second-order valence-electron chi connectivity index (χ2n) is 9.18. The number of pyridine rings is 1. The van der Waals surface area contributed by atoms with Gasteiger partial charge in [-0.3, -0.25) is 0 Å². The third kappa shape index (κ3) is 7.45. The second-order valence-corrected chi connectivity index (χ2v) is 9.18. The Bertz CT molecular complexity index is 1150. The van der Waals surface area contributed by atoms with Gasteiger partial charge in [0.1, 0.15) is 25.1 Å². The van der Waals surface area contributed by atoms with Gasteiger partial charge >= 0.3 is 0 Å². The van der Waals surface area contributed by atoms with E-state index < -0.39 is 6.10 Å². The van der Waals surface area contributed by atoms with Crippen LogP contribution in [0.25, 0.3) is 22.6 Å². The topological polar surface area (TPSA) is 108 Å². The van der Waals surface area contributed by atoms with Crippen LogP contribution in [0.3, 0.4) is 0 Å². The van der Waals surface area contributed by atoms with Gasteiger partial charge in [-0.05, 0) is 56.5 Å². The van der Waals surface area contributed by atoms with Crippen LogP contribution in [0.5, 0.6) is 11.6 Å². The maximum absolute atomic E-state index is 10.0. The van der Waals surface area contributed by atoms with Crippen LogP contribution in [-0.4, -0.2) is 79.9 Å². The smallest absolute Gasteiger partial charge is 0.213 e. The number of rotatable bonds is 13. The number of aromatic nitrogens is 3. The van der Waals surface area contributed by atoms with E-state index in [0.29, 0.717) is 43.1 Å². The maximum atomic E-state index is 10.0. The fraction of sp³-hybridized carbons (Fsp3) is 0.464. The Morgan fingerprint density at radius 1 is 1.14 bits per heavy atom. The summed E-state index contributed by atoms with van der Waals surface area (Å²) in [6.07, 6.45) is 2.99. The summed E-state index contributed by atoms with van der Waals surface area (Å²) in [5.41, 5.74) is 4.64. The molecule has 2 atom stereocenters. The number of hydrogen-bond acceptors (Lipinski definition) is 9. The molecule has 0 spiro atoms. The summed E-state index contributed by atoms with van der Waals surface area (Å²) in [6, 6.07) is 11.5. The molecule has 0 amide bonds. The molecule has 1 fully saturated rings. The van der Waals surface area contributed by atoms with Crippen LogP contribution >= 0.6 is 0 Å². The number of methoxy groups -OCH3 is 1. The number of aliphatic hydroxyl groups is 1. The first-order chi connectivity index (χ1) is 18.1. The predicted molar refractivity (Wildman–Crippen MR) is 141 cm³/mol. The molecule has 1 aliphatic rings. The zero-order valence-electron chi connectivity index (χ0n) is 21.8. The summed E-state index contributed by atoms with van der Waals surface area (Å²) in [5.74, 6) is 2.23. The van der Waals surface area contributed by atoms with Crippen molar-refractivity contribution in [2.75, 3.05) is 53.7 Å². The van der Waals surface area contributed by atoms with Gasteiger partial charge in [0.05, 0.1) is 12.3 Å². The Morgan fingerprint density at radius 3 is 2.81 bits per heavy atom. The summed E-state index contributed by atoms with van der Waals surface area (Å²) in [6.45, 7) is 5.17. The van der Waals surface area contributed by atoms with Gasteiger partial charge in [0.15, 0.2) is 5.82 Å². The summed E-state index contributed by atoms with van der Waals surface area (Å²) in [5, 5.41) is 13.0. The summed E-state index contributed by atoms with van der Waals surface area (Å²) in [4.78, 5) is 14.3. The molecule has 0 saturated carbocycles. The molecule has 9 heteroatoms. The van der Waals surface area contributed by atoms with Crippen LogP contribution in [0.4, 0.5) is 0 Å². The van der Waals surface area contributed by atoms with Gasteiger partial charge in [-0.15, -0.1) is 0 Å². The van der Waals surface area contributed by atoms with E-state index in [1.807, 2.05) is 36.4 Å². The highest BCUT2D eigenvalue weighted by atomic mass is 16.5. The Hall–Kier alpha value is -3.11. The van der Waals surface area contributed by atoms with Crippen molar-refractivity contribution in [1.82, 2.24) is 20.3 Å². The Morgan fingerprint density at radius 2 is 2.03 bits per heavy atom. The van der Waals surface area contributed by atoms with Crippen LogP contribution in [-0.2, 0) is 15.9 Å². The van der Waals surface area contributed by atoms with Crippen molar-refractivity contribution in [1.29, 1.82) is 0 Å². The molecule has 198 valence electrons. The molecule has 4 rings (SSSR count). The zero-order valence-corrected chi connectivity index (χ0v) is 21.8. The van der Waals surface area contributed by atoms with Crippen molar-refractivity contribution in [3.05, 3.63) is 53.9 Å². The summed E-state index contributed by atoms with van der Waals surface area (Å²) in [7, 11) is 3.43. The Labute approximate surface area is 218 Å². The predicted octanol–water partition coefficient (Wildman–Crippen LogP) is 3.08. The molecule has 0 aliphatic carbocycles. The van der Waals surface area contributed by atoms with Crippen LogP contribution in [0.2, 0.25) is 0 Å². The number of aliphatic hydroxyl groups excluding tert-OH is 1. The third-order valence-corrected chi connectivity index (χ3v) is 6.27. The molecule has 2 aromatic heterocycles. The van der Waals surface area contributed by atoms with Crippen molar-refractivity contribution in [2.24, 2.45) is 5.92 Å². The van der Waals surface area contributed by atoms with Gasteiger partial charge in [0, 0.05) is 56.0 Å². The standard InChI is InChI=1S/C28H36N4O5/c1-19-25(13-20-8-10-35-17-20)31-28(22-5-4-6-24(14-22)37-18-23(33)16-29-2)32-27(19)21-7-9-30-26(15-21)36-12-11-34-3/h4-7,9,14-15,20,23,29,33H,8,10-13,16-18H2,1-3H3/t20-,23?/m0/s1. The van der Waals surface area contributed by atoms with E-state index in [2.05, 4.69) is 17.2 Å². The van der Waals surface area contributed by atoms with Crippen LogP contribution in [0.15, 0.2) is 42.6 Å². The Balaban J connectivity index is 1.67. The molecule has 3 heterocycles. The van der Waals surface area contributed by atoms with E-state index in [1.165, 1.54) is 0 Å². The minimum atomic E-state index is -0.594. The van der Waals surface area contributed by atoms with Gasteiger partial charge in [0.2, 0.25) is 5.88 Å². The van der Waals surface area contributed by atoms with Crippen molar-refractivity contribution in [2.45, 2.75) is 25.9 Å². The van der Waals surface area contributed by atoms with E-state index in [9.17, 15) is 5.11 Å². The minimum absolute atomic E-state index is 0.195. The van der Waals surface area contributed by atoms with Gasteiger partial charge < -0.3 is 29.4 Å². The monoisotopic (exact) mass is 508 g/mol. The molecular weight excluding hydrogens is 472 g/mol. The highest BCUT2D eigenvalue weighted by Crippen LogP contribution is 2.31. The number of nitrogens with one attached hydrogen (secondary N) is 1.